The molecule has 0 aliphatic carbocycles. The number of aryl methyl sites for hydroxylation is 2. The molecule has 0 unspecified atom stereocenters. The van der Waals surface area contributed by atoms with Gasteiger partial charge in [-0.05, 0) is 50.7 Å². The van der Waals surface area contributed by atoms with Gasteiger partial charge >= 0.3 is 0 Å². The molecule has 0 aromatic carbocycles. The van der Waals surface area contributed by atoms with E-state index in [-0.39, 0.29) is 48.0 Å². The topological polar surface area (TPSA) is 63.1 Å². The van der Waals surface area contributed by atoms with Crippen LogP contribution < -0.4 is 57.1 Å². The molecule has 0 atom stereocenters. The van der Waals surface area contributed by atoms with Gasteiger partial charge in [-0.25, -0.2) is 9.13 Å². The maximum atomic E-state index is 5.64. The largest absolute Gasteiger partial charge is 1.00 e. The highest BCUT2D eigenvalue weighted by atomic mass is 127. The van der Waals surface area contributed by atoms with Crippen molar-refractivity contribution in [1.82, 2.24) is 0 Å². The molecule has 0 spiro atoms. The molecule has 0 radical (unpaired) electrons. The molecule has 0 saturated heterocycles. The number of hydrogen-bond acceptors (Lipinski definition) is 6. The molecule has 0 amide bonds. The van der Waals surface area contributed by atoms with Crippen LogP contribution >= 0.6 is 0 Å². The lowest BCUT2D eigenvalue weighted by molar-refractivity contribution is -0.697. The van der Waals surface area contributed by atoms with E-state index < -0.39 is 0 Å². The van der Waals surface area contributed by atoms with E-state index in [1.165, 1.54) is 11.1 Å². The monoisotopic (exact) mass is 816 g/mol. The first kappa shape index (κ1) is 41.5. The van der Waals surface area contributed by atoms with E-state index in [1.54, 1.807) is 0 Å². The number of pyridine rings is 2. The lowest BCUT2D eigenvalue weighted by Gasteiger charge is -2.06. The highest BCUT2D eigenvalue weighted by Gasteiger charge is 2.06. The van der Waals surface area contributed by atoms with Crippen LogP contribution in [-0.2, 0) is 41.5 Å². The molecule has 0 saturated carbocycles. The SMILES string of the molecule is CCOCCOCCOCCCCC[n+]1ccc(-c2cc[n+](CCCCCOCCOCCOCC)cc2)cc1.[I-].[I-]. The molecule has 0 aliphatic rings. The first-order valence-corrected chi connectivity index (χ1v) is 15.3. The van der Waals surface area contributed by atoms with Crippen LogP contribution in [0.3, 0.4) is 0 Å². The van der Waals surface area contributed by atoms with E-state index in [1.807, 2.05) is 13.8 Å². The van der Waals surface area contributed by atoms with Crippen LogP contribution in [0.1, 0.15) is 52.4 Å². The fourth-order valence-corrected chi connectivity index (χ4v) is 4.12. The van der Waals surface area contributed by atoms with Crippen LogP contribution in [0.15, 0.2) is 49.1 Å². The van der Waals surface area contributed by atoms with Crippen LogP contribution in [0.25, 0.3) is 11.1 Å². The van der Waals surface area contributed by atoms with Crippen molar-refractivity contribution >= 4 is 0 Å². The van der Waals surface area contributed by atoms with Gasteiger partial charge < -0.3 is 76.4 Å². The van der Waals surface area contributed by atoms with E-state index in [0.717, 1.165) is 78.0 Å². The third kappa shape index (κ3) is 22.1. The second-order valence-corrected chi connectivity index (χ2v) is 9.61. The van der Waals surface area contributed by atoms with Crippen molar-refractivity contribution in [2.24, 2.45) is 0 Å². The van der Waals surface area contributed by atoms with Crippen molar-refractivity contribution < 1.29 is 85.5 Å². The van der Waals surface area contributed by atoms with Gasteiger partial charge in [-0.3, -0.25) is 0 Å². The Labute approximate surface area is 288 Å². The number of hydrogen-bond donors (Lipinski definition) is 0. The van der Waals surface area contributed by atoms with Crippen LogP contribution in [-0.4, -0.2) is 79.3 Å². The lowest BCUT2D eigenvalue weighted by atomic mass is 10.1. The second kappa shape index (κ2) is 30.5. The minimum atomic E-state index is 0. The summed E-state index contributed by atoms with van der Waals surface area (Å²) in [6, 6.07) is 8.83. The van der Waals surface area contributed by atoms with Crippen molar-refractivity contribution in [3.63, 3.8) is 0 Å². The number of rotatable bonds is 27. The van der Waals surface area contributed by atoms with Gasteiger partial charge in [0.05, 0.1) is 52.9 Å². The molecule has 10 heteroatoms. The standard InChI is InChI=1S/C32H54N2O6.2HI/c1-3-35-23-25-39-29-27-37-21-9-5-7-15-33-17-11-31(12-18-33)32-13-19-34(20-14-32)16-8-6-10-22-38-28-30-40-26-24-36-4-2;;/h11-14,17-20H,3-10,15-16,21-30H2,1-2H3;2*1H/q+2;;/p-2. The molecule has 0 fully saturated rings. The zero-order chi connectivity index (χ0) is 28.4. The zero-order valence-corrected chi connectivity index (χ0v) is 30.2. The molecule has 242 valence electrons. The van der Waals surface area contributed by atoms with Gasteiger partial charge in [-0.2, -0.15) is 0 Å². The molecule has 42 heavy (non-hydrogen) atoms. The fraction of sp³-hybridized carbons (Fsp3) is 0.688. The Bertz CT molecular complexity index is 761. The van der Waals surface area contributed by atoms with Crippen molar-refractivity contribution in [2.45, 2.75) is 65.5 Å². The Kier molecular flexibility index (Phi) is 30.2. The lowest BCUT2D eigenvalue weighted by Crippen LogP contribution is -3.00. The van der Waals surface area contributed by atoms with Gasteiger partial charge in [-0.15, -0.1) is 0 Å². The molecule has 0 bridgehead atoms. The molecule has 2 rings (SSSR count). The third-order valence-corrected chi connectivity index (χ3v) is 6.42. The van der Waals surface area contributed by atoms with Crippen LogP contribution in [0.5, 0.6) is 0 Å². The summed E-state index contributed by atoms with van der Waals surface area (Å²) in [5.74, 6) is 0. The van der Waals surface area contributed by atoms with E-state index in [4.69, 9.17) is 28.4 Å². The minimum Gasteiger partial charge on any atom is -1.00 e. The van der Waals surface area contributed by atoms with Crippen LogP contribution in [0.4, 0.5) is 0 Å². The second-order valence-electron chi connectivity index (χ2n) is 9.61. The van der Waals surface area contributed by atoms with Crippen molar-refractivity contribution in [1.29, 1.82) is 0 Å². The van der Waals surface area contributed by atoms with E-state index >= 15 is 0 Å². The summed E-state index contributed by atoms with van der Waals surface area (Å²) in [5, 5.41) is 0. The summed E-state index contributed by atoms with van der Waals surface area (Å²) in [4.78, 5) is 0. The van der Waals surface area contributed by atoms with Crippen LogP contribution in [0, 0.1) is 0 Å². The fourth-order valence-electron chi connectivity index (χ4n) is 4.12. The van der Waals surface area contributed by atoms with Crippen molar-refractivity contribution in [3.8, 4) is 11.1 Å². The van der Waals surface area contributed by atoms with E-state index in [2.05, 4.69) is 58.2 Å². The molecule has 2 aromatic rings. The molecular formula is C32H54I2N2O6. The summed E-state index contributed by atoms with van der Waals surface area (Å²) in [5.41, 5.74) is 2.50. The third-order valence-electron chi connectivity index (χ3n) is 6.42. The Hall–Kier alpha value is -0.480. The predicted octanol–water partition coefficient (Wildman–Crippen LogP) is -1.58. The maximum absolute atomic E-state index is 5.64. The molecular weight excluding hydrogens is 762 g/mol. The summed E-state index contributed by atoms with van der Waals surface area (Å²) < 4.78 is 37.2. The summed E-state index contributed by atoms with van der Waals surface area (Å²) in [7, 11) is 0. The van der Waals surface area contributed by atoms with Gasteiger partial charge in [0, 0.05) is 63.5 Å². The summed E-state index contributed by atoms with van der Waals surface area (Å²) in [6.45, 7) is 14.3. The molecule has 0 N–H and O–H groups in total. The average Bonchev–Trinajstić information content (AvgIpc) is 2.99. The Morgan fingerprint density at radius 2 is 0.714 bits per heavy atom. The molecule has 2 aromatic heterocycles. The number of nitrogens with zero attached hydrogens (tertiary/aromatic N) is 2. The summed E-state index contributed by atoms with van der Waals surface area (Å²) in [6.07, 6.45) is 15.5. The van der Waals surface area contributed by atoms with Gasteiger partial charge in [0.2, 0.25) is 0 Å². The quantitative estimate of drug-likeness (QED) is 0.0618. The van der Waals surface area contributed by atoms with Crippen molar-refractivity contribution in [2.75, 3.05) is 79.3 Å². The average molecular weight is 817 g/mol. The minimum absolute atomic E-state index is 0. The van der Waals surface area contributed by atoms with Crippen molar-refractivity contribution in [3.05, 3.63) is 49.1 Å². The van der Waals surface area contributed by atoms with Gasteiger partial charge in [0.25, 0.3) is 0 Å². The van der Waals surface area contributed by atoms with Gasteiger partial charge in [-0.1, -0.05) is 0 Å². The van der Waals surface area contributed by atoms with Gasteiger partial charge in [0.1, 0.15) is 13.1 Å². The first-order chi connectivity index (χ1) is 19.8. The number of aromatic nitrogens is 2. The van der Waals surface area contributed by atoms with Crippen LogP contribution in [0.2, 0.25) is 0 Å². The Morgan fingerprint density at radius 3 is 1.05 bits per heavy atom. The van der Waals surface area contributed by atoms with Gasteiger partial charge in [0.15, 0.2) is 24.8 Å². The normalized spacial score (nSPS) is 10.8. The Balaban J connectivity index is 0.00000840. The maximum Gasteiger partial charge on any atom is 0.169 e. The smallest absolute Gasteiger partial charge is 0.169 e. The first-order valence-electron chi connectivity index (χ1n) is 15.3. The number of ether oxygens (including phenoxy) is 6. The van der Waals surface area contributed by atoms with E-state index in [0.29, 0.717) is 52.9 Å². The number of unbranched alkanes of at least 4 members (excludes halogenated alkanes) is 4. The highest BCUT2D eigenvalue weighted by molar-refractivity contribution is 5.60. The Morgan fingerprint density at radius 1 is 0.405 bits per heavy atom. The molecule has 2 heterocycles. The molecule has 0 aliphatic heterocycles. The number of halogens is 2. The predicted molar refractivity (Wildman–Crippen MR) is 156 cm³/mol. The highest BCUT2D eigenvalue weighted by Crippen LogP contribution is 2.15. The molecule has 8 nitrogen and oxygen atoms in total. The zero-order valence-electron chi connectivity index (χ0n) is 25.9. The summed E-state index contributed by atoms with van der Waals surface area (Å²) >= 11 is 0. The van der Waals surface area contributed by atoms with E-state index in [9.17, 15) is 0 Å².